The van der Waals surface area contributed by atoms with Crippen molar-refractivity contribution in [2.45, 2.75) is 76.0 Å². The molecule has 0 unspecified atom stereocenters. The van der Waals surface area contributed by atoms with Crippen molar-refractivity contribution in [2.75, 3.05) is 40.7 Å². The number of amides is 3. The molecule has 5 heterocycles. The number of fused-ring (bicyclic) bond motifs is 3. The second-order valence-corrected chi connectivity index (χ2v) is 17.8. The van der Waals surface area contributed by atoms with E-state index < -0.39 is 29.6 Å². The molecule has 2 saturated carbocycles. The average molecular weight is 922 g/mol. The van der Waals surface area contributed by atoms with Crippen LogP contribution in [0.15, 0.2) is 72.2 Å². The summed E-state index contributed by atoms with van der Waals surface area (Å²) in [6.45, 7) is 1.05. The molecule has 3 fully saturated rings. The Labute approximate surface area is 384 Å². The number of hydrazone groups is 1. The zero-order valence-electron chi connectivity index (χ0n) is 37.1. The van der Waals surface area contributed by atoms with E-state index in [9.17, 15) is 27.6 Å². The van der Waals surface area contributed by atoms with Crippen LogP contribution in [-0.4, -0.2) is 101 Å². The van der Waals surface area contributed by atoms with E-state index in [1.54, 1.807) is 36.3 Å². The van der Waals surface area contributed by atoms with Crippen LogP contribution in [0.25, 0.3) is 22.3 Å². The number of piperidine rings is 1. The molecule has 2 aromatic heterocycles. The fraction of sp³-hybridized carbons (Fsp3) is 0.429. The zero-order chi connectivity index (χ0) is 46.4. The first-order valence-electron chi connectivity index (χ1n) is 22.8. The average Bonchev–Trinajstić information content (AvgIpc) is 3.87. The van der Waals surface area contributed by atoms with Crippen molar-refractivity contribution < 1.29 is 51.2 Å². The van der Waals surface area contributed by atoms with Gasteiger partial charge in [-0.15, -0.1) is 0 Å². The molecule has 67 heavy (non-hydrogen) atoms. The maximum absolute atomic E-state index is 14.6. The maximum atomic E-state index is 14.6. The summed E-state index contributed by atoms with van der Waals surface area (Å²) in [5.74, 6) is 1.82. The number of likely N-dealkylation sites (tertiary alicyclic amines) is 1. The molecule has 3 aliphatic heterocycles. The van der Waals surface area contributed by atoms with Crippen molar-refractivity contribution in [1.82, 2.24) is 30.2 Å². The van der Waals surface area contributed by atoms with Crippen LogP contribution in [-0.2, 0) is 22.2 Å². The minimum absolute atomic E-state index is 0.0137. The number of nitrogens with zero attached hydrogens (tertiary/aromatic N) is 5. The molecule has 3 aromatic carbocycles. The van der Waals surface area contributed by atoms with E-state index in [0.29, 0.717) is 76.5 Å². The van der Waals surface area contributed by atoms with E-state index in [4.69, 9.17) is 28.8 Å². The Balaban J connectivity index is 0.907. The molecule has 18 heteroatoms. The molecular weight excluding hydrogens is 872 g/mol. The van der Waals surface area contributed by atoms with Crippen molar-refractivity contribution in [3.05, 3.63) is 89.4 Å². The Morgan fingerprint density at radius 3 is 2.37 bits per heavy atom. The lowest BCUT2D eigenvalue weighted by atomic mass is 9.73. The number of H-pyrrole nitrogens is 1. The summed E-state index contributed by atoms with van der Waals surface area (Å²) < 4.78 is 69.5. The number of nitrogens with one attached hydrogen (secondary N) is 2. The van der Waals surface area contributed by atoms with Crippen LogP contribution in [0.2, 0.25) is 0 Å². The molecule has 5 aromatic rings. The Bertz CT molecular complexity index is 2730. The summed E-state index contributed by atoms with van der Waals surface area (Å²) in [4.78, 5) is 57.0. The largest absolute Gasteiger partial charge is 0.493 e. The topological polar surface area (TPSA) is 170 Å². The first-order chi connectivity index (χ1) is 32.5. The third kappa shape index (κ3) is 8.68. The number of hydrogen-bond donors (Lipinski definition) is 2. The quantitative estimate of drug-likeness (QED) is 0.120. The zero-order valence-corrected chi connectivity index (χ0v) is 37.1. The van der Waals surface area contributed by atoms with Crippen molar-refractivity contribution >= 4 is 34.5 Å². The standard InChI is InChI=1S/C49H50F3N7O8/c1-63-36-14-11-29(22-39(36)64-2)41-32-5-3-4-6-33(32)47(61)59(57-41)31-17-19-58(20-18-31)48(62)35(21-27-9-12-30(13-10-27)49(50,51)52)56-46(60)34-23-53-44-42(34)54-25-55-43(44)40-37(65-24-28-7-8-28)15-16-38-45(40)67-26-66-38/h9-16,22-23,25,28,31-33,35,53H,3-8,17-21,24,26H2,1-2H3,(H,56,60)/t32-,33+,35+/m0/s1. The number of halogens is 3. The lowest BCUT2D eigenvalue weighted by Gasteiger charge is -2.43. The number of aromatic amines is 1. The smallest absolute Gasteiger partial charge is 0.416 e. The van der Waals surface area contributed by atoms with Gasteiger partial charge in [0.25, 0.3) is 5.91 Å². The van der Waals surface area contributed by atoms with Crippen LogP contribution in [0.4, 0.5) is 13.2 Å². The van der Waals surface area contributed by atoms with Gasteiger partial charge in [0.05, 0.1) is 54.8 Å². The number of benzene rings is 3. The van der Waals surface area contributed by atoms with Gasteiger partial charge in [-0.25, -0.2) is 15.0 Å². The van der Waals surface area contributed by atoms with Gasteiger partial charge in [-0.1, -0.05) is 25.0 Å². The number of hydrogen-bond acceptors (Lipinski definition) is 11. The molecule has 350 valence electrons. The number of carbonyl (C=O) groups excluding carboxylic acids is 3. The van der Waals surface area contributed by atoms with Crippen molar-refractivity contribution in [1.29, 1.82) is 0 Å². The predicted molar refractivity (Wildman–Crippen MR) is 238 cm³/mol. The summed E-state index contributed by atoms with van der Waals surface area (Å²) in [5, 5.41) is 9.57. The van der Waals surface area contributed by atoms with Crippen LogP contribution < -0.4 is 29.0 Å². The van der Waals surface area contributed by atoms with Crippen LogP contribution >= 0.6 is 0 Å². The number of methoxy groups -OCH3 is 2. The summed E-state index contributed by atoms with van der Waals surface area (Å²) in [6.07, 6.45) is 4.74. The number of aromatic nitrogens is 3. The van der Waals surface area contributed by atoms with Gasteiger partial charge in [0.2, 0.25) is 18.6 Å². The predicted octanol–water partition coefficient (Wildman–Crippen LogP) is 7.56. The molecule has 0 radical (unpaired) electrons. The summed E-state index contributed by atoms with van der Waals surface area (Å²) in [6, 6.07) is 12.3. The fourth-order valence-corrected chi connectivity index (χ4v) is 9.84. The number of ether oxygens (including phenoxy) is 5. The molecule has 10 rings (SSSR count). The summed E-state index contributed by atoms with van der Waals surface area (Å²) >= 11 is 0. The minimum Gasteiger partial charge on any atom is -0.493 e. The van der Waals surface area contributed by atoms with Crippen molar-refractivity contribution in [3.8, 4) is 40.0 Å². The molecule has 3 amide bonds. The fourth-order valence-electron chi connectivity index (χ4n) is 9.84. The molecule has 0 spiro atoms. The SMILES string of the molecule is COc1ccc(C2=NN(C3CCN(C(=O)[C@@H](Cc4ccc(C(F)(F)F)cc4)NC(=O)c4c[nH]c5c(-c6c(OCC7CC7)ccc7c6OCO7)ncnc45)CC3)C(=O)[C@@H]3CCCC[C@H]23)cc1OC. The van der Waals surface area contributed by atoms with E-state index >= 15 is 0 Å². The highest BCUT2D eigenvalue weighted by Crippen LogP contribution is 2.48. The normalized spacial score (nSPS) is 20.0. The summed E-state index contributed by atoms with van der Waals surface area (Å²) in [5.41, 5.74) is 3.06. The highest BCUT2D eigenvalue weighted by atomic mass is 19.4. The summed E-state index contributed by atoms with van der Waals surface area (Å²) in [7, 11) is 3.16. The molecule has 1 saturated heterocycles. The van der Waals surface area contributed by atoms with Gasteiger partial charge in [-0.05, 0) is 92.5 Å². The first kappa shape index (κ1) is 44.0. The highest BCUT2D eigenvalue weighted by molar-refractivity contribution is 6.09. The van der Waals surface area contributed by atoms with Gasteiger partial charge in [-0.3, -0.25) is 14.4 Å². The first-order valence-corrected chi connectivity index (χ1v) is 22.8. The number of alkyl halides is 3. The molecule has 2 N–H and O–H groups in total. The van der Waals surface area contributed by atoms with E-state index in [2.05, 4.69) is 20.3 Å². The third-order valence-corrected chi connectivity index (χ3v) is 13.6. The highest BCUT2D eigenvalue weighted by Gasteiger charge is 2.44. The molecule has 5 aliphatic rings. The van der Waals surface area contributed by atoms with Gasteiger partial charge < -0.3 is 38.9 Å². The number of carbonyl (C=O) groups is 3. The Morgan fingerprint density at radius 1 is 0.896 bits per heavy atom. The molecule has 0 bridgehead atoms. The van der Waals surface area contributed by atoms with Gasteiger partial charge >= 0.3 is 6.18 Å². The third-order valence-electron chi connectivity index (χ3n) is 13.6. The van der Waals surface area contributed by atoms with Crippen LogP contribution in [0, 0.1) is 17.8 Å². The van der Waals surface area contributed by atoms with Crippen LogP contribution in [0.1, 0.15) is 78.4 Å². The lowest BCUT2D eigenvalue weighted by molar-refractivity contribution is -0.143. The van der Waals surface area contributed by atoms with E-state index in [0.717, 1.165) is 61.9 Å². The molecule has 2 aliphatic carbocycles. The Kier molecular flexibility index (Phi) is 11.9. The van der Waals surface area contributed by atoms with Gasteiger partial charge in [-0.2, -0.15) is 18.3 Å². The monoisotopic (exact) mass is 921 g/mol. The van der Waals surface area contributed by atoms with Crippen LogP contribution in [0.5, 0.6) is 28.7 Å². The Morgan fingerprint density at radius 2 is 1.64 bits per heavy atom. The second kappa shape index (κ2) is 18.1. The molecule has 3 atom stereocenters. The molecule has 15 nitrogen and oxygen atoms in total. The van der Waals surface area contributed by atoms with Gasteiger partial charge in [0, 0.05) is 43.1 Å². The maximum Gasteiger partial charge on any atom is 0.416 e. The molecular formula is C49H50F3N7O8. The van der Waals surface area contributed by atoms with Crippen LogP contribution in [0.3, 0.4) is 0 Å². The van der Waals surface area contributed by atoms with Crippen molar-refractivity contribution in [2.24, 2.45) is 22.9 Å². The van der Waals surface area contributed by atoms with E-state index in [-0.39, 0.29) is 61.2 Å². The Hall–Kier alpha value is -6.85. The van der Waals surface area contributed by atoms with Gasteiger partial charge in [0.15, 0.2) is 23.0 Å². The number of rotatable bonds is 13. The lowest BCUT2D eigenvalue weighted by Crippen LogP contribution is -2.55. The van der Waals surface area contributed by atoms with Crippen molar-refractivity contribution in [3.63, 3.8) is 0 Å². The van der Waals surface area contributed by atoms with E-state index in [1.807, 2.05) is 18.2 Å². The minimum atomic E-state index is -4.55. The van der Waals surface area contributed by atoms with E-state index in [1.165, 1.54) is 24.7 Å². The van der Waals surface area contributed by atoms with Gasteiger partial charge in [0.1, 0.15) is 29.3 Å². The second-order valence-electron chi connectivity index (χ2n) is 17.8.